The van der Waals surface area contributed by atoms with Gasteiger partial charge in [0.25, 0.3) is 5.91 Å². The van der Waals surface area contributed by atoms with Crippen LogP contribution in [0.3, 0.4) is 0 Å². The van der Waals surface area contributed by atoms with Gasteiger partial charge in [0, 0.05) is 18.3 Å². The van der Waals surface area contributed by atoms with Gasteiger partial charge in [0.15, 0.2) is 11.4 Å². The monoisotopic (exact) mass is 381 g/mol. The van der Waals surface area contributed by atoms with Gasteiger partial charge in [-0.05, 0) is 26.7 Å². The molecular formula is C18H27N3O6. The molecule has 0 spiro atoms. The van der Waals surface area contributed by atoms with Crippen LogP contribution in [0, 0.1) is 5.92 Å². The van der Waals surface area contributed by atoms with Crippen molar-refractivity contribution in [3.05, 3.63) is 18.0 Å². The van der Waals surface area contributed by atoms with Gasteiger partial charge in [-0.3, -0.25) is 9.59 Å². The van der Waals surface area contributed by atoms with Crippen molar-refractivity contribution in [1.82, 2.24) is 15.6 Å². The van der Waals surface area contributed by atoms with E-state index >= 15 is 0 Å². The van der Waals surface area contributed by atoms with Crippen molar-refractivity contribution in [2.45, 2.75) is 46.7 Å². The molecule has 0 saturated carbocycles. The van der Waals surface area contributed by atoms with Gasteiger partial charge in [-0.25, -0.2) is 9.78 Å². The van der Waals surface area contributed by atoms with Gasteiger partial charge < -0.3 is 24.8 Å². The average molecular weight is 381 g/mol. The fourth-order valence-corrected chi connectivity index (χ4v) is 1.93. The highest BCUT2D eigenvalue weighted by Crippen LogP contribution is 2.29. The van der Waals surface area contributed by atoms with Crippen LogP contribution in [0.2, 0.25) is 0 Å². The zero-order valence-corrected chi connectivity index (χ0v) is 16.5. The van der Waals surface area contributed by atoms with Gasteiger partial charge >= 0.3 is 6.16 Å². The predicted molar refractivity (Wildman–Crippen MR) is 97.8 cm³/mol. The molecule has 1 heterocycles. The van der Waals surface area contributed by atoms with E-state index < -0.39 is 18.1 Å². The van der Waals surface area contributed by atoms with E-state index in [9.17, 15) is 14.4 Å². The van der Waals surface area contributed by atoms with Crippen LogP contribution >= 0.6 is 0 Å². The Balaban J connectivity index is 2.96. The molecule has 2 N–H and O–H groups in total. The lowest BCUT2D eigenvalue weighted by Crippen LogP contribution is -2.48. The Kier molecular flexibility index (Phi) is 8.50. The second-order valence-electron chi connectivity index (χ2n) is 6.21. The quantitative estimate of drug-likeness (QED) is 0.661. The van der Waals surface area contributed by atoms with Crippen LogP contribution in [0.1, 0.15) is 45.1 Å². The molecule has 0 aliphatic rings. The summed E-state index contributed by atoms with van der Waals surface area (Å²) in [6.07, 6.45) is 0.339. The van der Waals surface area contributed by atoms with E-state index in [1.807, 2.05) is 20.8 Å². The number of carbonyl (C=O) groups is 3. The summed E-state index contributed by atoms with van der Waals surface area (Å²) in [6.45, 7) is 9.11. The lowest BCUT2D eigenvalue weighted by molar-refractivity contribution is -0.123. The highest BCUT2D eigenvalue weighted by molar-refractivity contribution is 5.99. The number of hydrogen-bond acceptors (Lipinski definition) is 7. The van der Waals surface area contributed by atoms with Crippen LogP contribution in [0.4, 0.5) is 4.79 Å². The van der Waals surface area contributed by atoms with Gasteiger partial charge in [-0.2, -0.15) is 0 Å². The second kappa shape index (κ2) is 10.3. The summed E-state index contributed by atoms with van der Waals surface area (Å²) in [7, 11) is 1.36. The number of nitrogens with zero attached hydrogens (tertiary/aromatic N) is 1. The van der Waals surface area contributed by atoms with Crippen LogP contribution in [-0.4, -0.2) is 48.8 Å². The summed E-state index contributed by atoms with van der Waals surface area (Å²) >= 11 is 0. The lowest BCUT2D eigenvalue weighted by atomic mass is 10.1. The molecule has 1 aromatic heterocycles. The maximum absolute atomic E-state index is 12.6. The Morgan fingerprint density at radius 1 is 1.15 bits per heavy atom. The van der Waals surface area contributed by atoms with Gasteiger partial charge in [-0.15, -0.1) is 0 Å². The topological polar surface area (TPSA) is 116 Å². The van der Waals surface area contributed by atoms with Crippen molar-refractivity contribution < 1.29 is 28.6 Å². The summed E-state index contributed by atoms with van der Waals surface area (Å²) in [5.41, 5.74) is -0.195. The van der Waals surface area contributed by atoms with Crippen molar-refractivity contribution in [2.24, 2.45) is 5.92 Å². The number of aromatic nitrogens is 1. The SMILES string of the molecule is CCOC(=O)Oc1c(OC)ccnc1C(=O)N[C@@H](C)C(=O)NC(C)C(C)C. The molecule has 0 radical (unpaired) electrons. The molecule has 2 amide bonds. The first-order valence-electron chi connectivity index (χ1n) is 8.70. The van der Waals surface area contributed by atoms with Crippen molar-refractivity contribution in [3.8, 4) is 11.5 Å². The molecule has 0 saturated heterocycles. The van der Waals surface area contributed by atoms with E-state index in [1.165, 1.54) is 19.4 Å². The molecule has 0 aliphatic carbocycles. The summed E-state index contributed by atoms with van der Waals surface area (Å²) in [6, 6.07) is 0.572. The zero-order chi connectivity index (χ0) is 20.6. The first kappa shape index (κ1) is 22.2. The highest BCUT2D eigenvalue weighted by atomic mass is 16.7. The highest BCUT2D eigenvalue weighted by Gasteiger charge is 2.25. The molecule has 0 aliphatic heterocycles. The predicted octanol–water partition coefficient (Wildman–Crippen LogP) is 1.90. The standard InChI is InChI=1S/C18H27N3O6/c1-7-26-18(24)27-15-13(25-6)8-9-19-14(15)17(23)21-12(5)16(22)20-11(4)10(2)3/h8-12H,7H2,1-6H3,(H,20,22)(H,21,23)/t11?,12-/m0/s1. The molecule has 1 rings (SSSR count). The largest absolute Gasteiger partial charge is 0.514 e. The number of rotatable bonds is 8. The normalized spacial score (nSPS) is 12.7. The molecule has 0 fully saturated rings. The van der Waals surface area contributed by atoms with Crippen molar-refractivity contribution in [3.63, 3.8) is 0 Å². The van der Waals surface area contributed by atoms with Crippen LogP contribution in [-0.2, 0) is 9.53 Å². The lowest BCUT2D eigenvalue weighted by Gasteiger charge is -2.21. The molecule has 0 bridgehead atoms. The van der Waals surface area contributed by atoms with Crippen LogP contribution in [0.25, 0.3) is 0 Å². The molecule has 9 nitrogen and oxygen atoms in total. The van der Waals surface area contributed by atoms with Gasteiger partial charge in [0.05, 0.1) is 13.7 Å². The summed E-state index contributed by atoms with van der Waals surface area (Å²) in [5, 5.41) is 5.35. The Bertz CT molecular complexity index is 677. The number of nitrogens with one attached hydrogen (secondary N) is 2. The third-order valence-electron chi connectivity index (χ3n) is 3.86. The van der Waals surface area contributed by atoms with Crippen molar-refractivity contribution in [2.75, 3.05) is 13.7 Å². The van der Waals surface area contributed by atoms with Crippen LogP contribution in [0.15, 0.2) is 12.3 Å². The van der Waals surface area contributed by atoms with Gasteiger partial charge in [0.2, 0.25) is 11.7 Å². The number of ether oxygens (including phenoxy) is 3. The van der Waals surface area contributed by atoms with Gasteiger partial charge in [-0.1, -0.05) is 13.8 Å². The zero-order valence-electron chi connectivity index (χ0n) is 16.5. The van der Waals surface area contributed by atoms with E-state index in [4.69, 9.17) is 14.2 Å². The Labute approximate surface area is 158 Å². The van der Waals surface area contributed by atoms with E-state index in [0.717, 1.165) is 0 Å². The minimum absolute atomic E-state index is 0.0468. The molecule has 9 heteroatoms. The maximum Gasteiger partial charge on any atom is 0.514 e. The third kappa shape index (κ3) is 6.43. The van der Waals surface area contributed by atoms with E-state index in [2.05, 4.69) is 15.6 Å². The van der Waals surface area contributed by atoms with Crippen LogP contribution in [0.5, 0.6) is 11.5 Å². The molecule has 1 unspecified atom stereocenters. The molecule has 150 valence electrons. The Morgan fingerprint density at radius 2 is 1.81 bits per heavy atom. The number of amides is 2. The maximum atomic E-state index is 12.6. The molecule has 27 heavy (non-hydrogen) atoms. The number of methoxy groups -OCH3 is 1. The second-order valence-corrected chi connectivity index (χ2v) is 6.21. The van der Waals surface area contributed by atoms with Gasteiger partial charge in [0.1, 0.15) is 6.04 Å². The first-order valence-corrected chi connectivity index (χ1v) is 8.70. The molecule has 0 aromatic carbocycles. The summed E-state index contributed by atoms with van der Waals surface area (Å²) in [4.78, 5) is 40.4. The molecule has 2 atom stereocenters. The summed E-state index contributed by atoms with van der Waals surface area (Å²) in [5.74, 6) is -0.817. The van der Waals surface area contributed by atoms with Crippen molar-refractivity contribution >= 4 is 18.0 Å². The average Bonchev–Trinajstić information content (AvgIpc) is 2.61. The van der Waals surface area contributed by atoms with E-state index in [-0.39, 0.29) is 41.7 Å². The number of carbonyl (C=O) groups excluding carboxylic acids is 3. The van der Waals surface area contributed by atoms with Crippen LogP contribution < -0.4 is 20.1 Å². The Hall–Kier alpha value is -2.84. The molecule has 1 aromatic rings. The van der Waals surface area contributed by atoms with E-state index in [0.29, 0.717) is 0 Å². The minimum Gasteiger partial charge on any atom is -0.493 e. The minimum atomic E-state index is -0.991. The van der Waals surface area contributed by atoms with E-state index in [1.54, 1.807) is 13.8 Å². The van der Waals surface area contributed by atoms with Crippen molar-refractivity contribution in [1.29, 1.82) is 0 Å². The Morgan fingerprint density at radius 3 is 2.37 bits per heavy atom. The first-order chi connectivity index (χ1) is 12.7. The fourth-order valence-electron chi connectivity index (χ4n) is 1.93. The molecular weight excluding hydrogens is 354 g/mol. The third-order valence-corrected chi connectivity index (χ3v) is 3.86. The summed E-state index contributed by atoms with van der Waals surface area (Å²) < 4.78 is 14.9. The number of pyridine rings is 1. The fraction of sp³-hybridized carbons (Fsp3) is 0.556. The smallest absolute Gasteiger partial charge is 0.493 e. The number of hydrogen-bond donors (Lipinski definition) is 2.